The molecule has 0 aliphatic carbocycles. The van der Waals surface area contributed by atoms with Gasteiger partial charge in [-0.05, 0) is 17.6 Å². The van der Waals surface area contributed by atoms with Crippen molar-refractivity contribution in [3.05, 3.63) is 0 Å². The van der Waals surface area contributed by atoms with Crippen molar-refractivity contribution in [3.8, 4) is 0 Å². The van der Waals surface area contributed by atoms with Crippen LogP contribution in [0.25, 0.3) is 0 Å². The summed E-state index contributed by atoms with van der Waals surface area (Å²) in [5.41, 5.74) is 0.387. The minimum Gasteiger partial charge on any atom is -0.298 e. The van der Waals surface area contributed by atoms with E-state index in [9.17, 15) is 0 Å². The number of fused-ring (bicyclic) bond motifs is 2. The molecular weight excluding hydrogens is 198 g/mol. The third-order valence-corrected chi connectivity index (χ3v) is 5.32. The summed E-state index contributed by atoms with van der Waals surface area (Å²) in [6, 6.07) is 0.883. The van der Waals surface area contributed by atoms with Gasteiger partial charge in [0.15, 0.2) is 0 Å². The van der Waals surface area contributed by atoms with Crippen molar-refractivity contribution in [2.75, 3.05) is 24.6 Å². The van der Waals surface area contributed by atoms with Crippen LogP contribution in [-0.4, -0.2) is 40.8 Å². The molecule has 2 saturated heterocycles. The van der Waals surface area contributed by atoms with E-state index in [1.807, 2.05) is 0 Å². The van der Waals surface area contributed by atoms with E-state index in [0.29, 0.717) is 5.41 Å². The highest BCUT2D eigenvalue weighted by atomic mass is 32.2. The lowest BCUT2D eigenvalue weighted by Gasteiger charge is -2.34. The summed E-state index contributed by atoms with van der Waals surface area (Å²) < 4.78 is 0. The zero-order valence-electron chi connectivity index (χ0n) is 8.49. The number of hydrogen-bond donors (Lipinski definition) is 1. The first kappa shape index (κ1) is 10.2. The molecular formula is C10H19NS2. The first-order chi connectivity index (χ1) is 6.11. The molecule has 2 aliphatic heterocycles. The number of thioether (sulfide) groups is 1. The smallest absolute Gasteiger partial charge is 0.0198 e. The summed E-state index contributed by atoms with van der Waals surface area (Å²) in [6.45, 7) is 7.20. The zero-order valence-corrected chi connectivity index (χ0v) is 10.2. The Kier molecular flexibility index (Phi) is 2.87. The minimum atomic E-state index is 0.387. The molecule has 13 heavy (non-hydrogen) atoms. The fourth-order valence-corrected chi connectivity index (χ4v) is 3.87. The summed E-state index contributed by atoms with van der Waals surface area (Å²) in [7, 11) is 0. The average Bonchev–Trinajstić information content (AvgIpc) is 2.64. The second-order valence-corrected chi connectivity index (χ2v) is 6.75. The van der Waals surface area contributed by atoms with Crippen LogP contribution in [0.1, 0.15) is 20.3 Å². The van der Waals surface area contributed by atoms with Crippen molar-refractivity contribution in [2.24, 2.45) is 5.41 Å². The molecule has 1 nitrogen and oxygen atoms in total. The molecule has 2 heterocycles. The topological polar surface area (TPSA) is 3.24 Å². The predicted molar refractivity (Wildman–Crippen MR) is 63.9 cm³/mol. The van der Waals surface area contributed by atoms with Gasteiger partial charge >= 0.3 is 0 Å². The van der Waals surface area contributed by atoms with E-state index in [2.05, 4.69) is 43.1 Å². The fourth-order valence-electron chi connectivity index (χ4n) is 2.27. The Morgan fingerprint density at radius 2 is 2.31 bits per heavy atom. The molecule has 2 fully saturated rings. The summed E-state index contributed by atoms with van der Waals surface area (Å²) >= 11 is 6.58. The predicted octanol–water partition coefficient (Wildman–Crippen LogP) is 2.13. The van der Waals surface area contributed by atoms with Gasteiger partial charge in [0.1, 0.15) is 0 Å². The molecule has 0 aromatic carbocycles. The Morgan fingerprint density at radius 3 is 2.77 bits per heavy atom. The van der Waals surface area contributed by atoms with Crippen LogP contribution in [0.2, 0.25) is 0 Å². The van der Waals surface area contributed by atoms with E-state index in [1.54, 1.807) is 0 Å². The highest BCUT2D eigenvalue weighted by Gasteiger charge is 2.39. The minimum absolute atomic E-state index is 0.387. The molecule has 0 aromatic rings. The van der Waals surface area contributed by atoms with Gasteiger partial charge in [0.25, 0.3) is 0 Å². The Labute approximate surface area is 91.1 Å². The average molecular weight is 217 g/mol. The van der Waals surface area contributed by atoms with Crippen LogP contribution < -0.4 is 0 Å². The van der Waals surface area contributed by atoms with E-state index >= 15 is 0 Å². The van der Waals surface area contributed by atoms with Gasteiger partial charge in [-0.3, -0.25) is 4.90 Å². The molecule has 2 aliphatic rings. The number of hydrogen-bond acceptors (Lipinski definition) is 3. The van der Waals surface area contributed by atoms with Crippen molar-refractivity contribution in [3.63, 3.8) is 0 Å². The quantitative estimate of drug-likeness (QED) is 0.722. The molecule has 2 atom stereocenters. The summed E-state index contributed by atoms with van der Waals surface area (Å²) in [5, 5.41) is 0.945. The molecule has 0 radical (unpaired) electrons. The number of nitrogens with zero attached hydrogens (tertiary/aromatic N) is 1. The van der Waals surface area contributed by atoms with Crippen LogP contribution in [0.4, 0.5) is 0 Å². The number of rotatable bonds is 3. The molecule has 0 spiro atoms. The van der Waals surface area contributed by atoms with Crippen molar-refractivity contribution < 1.29 is 0 Å². The summed E-state index contributed by atoms with van der Waals surface area (Å²) in [4.78, 5) is 2.68. The van der Waals surface area contributed by atoms with Crippen LogP contribution in [0.5, 0.6) is 0 Å². The highest BCUT2D eigenvalue weighted by molar-refractivity contribution is 8.00. The maximum absolute atomic E-state index is 4.41. The van der Waals surface area contributed by atoms with Gasteiger partial charge in [-0.2, -0.15) is 24.4 Å². The maximum Gasteiger partial charge on any atom is 0.0198 e. The Bertz CT molecular complexity index is 193. The van der Waals surface area contributed by atoms with E-state index in [-0.39, 0.29) is 0 Å². The first-order valence-electron chi connectivity index (χ1n) is 5.07. The standard InChI is InChI=1S/C10H19NS2/c1-10(2,7-12)6-11-4-9-3-8(11)5-13-9/h8-9,12H,3-7H2,1-2H3. The number of thiol groups is 1. The Hall–Kier alpha value is 0.660. The molecule has 0 saturated carbocycles. The molecule has 2 bridgehead atoms. The lowest BCUT2D eigenvalue weighted by molar-refractivity contribution is 0.190. The van der Waals surface area contributed by atoms with E-state index in [0.717, 1.165) is 17.0 Å². The lowest BCUT2D eigenvalue weighted by Crippen LogP contribution is -2.41. The second kappa shape index (κ2) is 3.67. The van der Waals surface area contributed by atoms with Crippen molar-refractivity contribution >= 4 is 24.4 Å². The number of likely N-dealkylation sites (tertiary alicyclic amines) is 1. The largest absolute Gasteiger partial charge is 0.298 e. The van der Waals surface area contributed by atoms with Crippen LogP contribution in [0.3, 0.4) is 0 Å². The Balaban J connectivity index is 1.89. The maximum atomic E-state index is 4.41. The van der Waals surface area contributed by atoms with Crippen LogP contribution in [0, 0.1) is 5.41 Å². The fraction of sp³-hybridized carbons (Fsp3) is 1.00. The molecule has 0 amide bonds. The summed E-state index contributed by atoms with van der Waals surface area (Å²) in [6.07, 6.45) is 1.44. The van der Waals surface area contributed by atoms with Crippen LogP contribution in [0.15, 0.2) is 0 Å². The van der Waals surface area contributed by atoms with Gasteiger partial charge in [0.05, 0.1) is 0 Å². The lowest BCUT2D eigenvalue weighted by atomic mass is 9.95. The van der Waals surface area contributed by atoms with Crippen molar-refractivity contribution in [2.45, 2.75) is 31.6 Å². The normalized spacial score (nSPS) is 34.4. The van der Waals surface area contributed by atoms with E-state index in [4.69, 9.17) is 0 Å². The zero-order chi connectivity index (χ0) is 9.47. The van der Waals surface area contributed by atoms with Gasteiger partial charge in [-0.1, -0.05) is 13.8 Å². The van der Waals surface area contributed by atoms with Gasteiger partial charge in [0, 0.05) is 30.1 Å². The first-order valence-corrected chi connectivity index (χ1v) is 6.75. The van der Waals surface area contributed by atoms with Crippen LogP contribution >= 0.6 is 24.4 Å². The van der Waals surface area contributed by atoms with Gasteiger partial charge in [-0.15, -0.1) is 0 Å². The van der Waals surface area contributed by atoms with Gasteiger partial charge in [0.2, 0.25) is 0 Å². The molecule has 2 rings (SSSR count). The highest BCUT2D eigenvalue weighted by Crippen LogP contribution is 2.38. The monoisotopic (exact) mass is 217 g/mol. The molecule has 0 aromatic heterocycles. The molecule has 0 N–H and O–H groups in total. The third kappa shape index (κ3) is 2.18. The Morgan fingerprint density at radius 1 is 1.54 bits per heavy atom. The van der Waals surface area contributed by atoms with Crippen molar-refractivity contribution in [1.82, 2.24) is 4.90 Å². The van der Waals surface area contributed by atoms with E-state index in [1.165, 1.54) is 25.3 Å². The SMILES string of the molecule is CC(C)(CS)CN1CC2CC1CS2. The van der Waals surface area contributed by atoms with Crippen LogP contribution in [-0.2, 0) is 0 Å². The van der Waals surface area contributed by atoms with E-state index < -0.39 is 0 Å². The summed E-state index contributed by atoms with van der Waals surface area (Å²) in [5.74, 6) is 2.36. The van der Waals surface area contributed by atoms with Gasteiger partial charge in [-0.25, -0.2) is 0 Å². The molecule has 76 valence electrons. The molecule has 3 heteroatoms. The second-order valence-electron chi connectivity index (χ2n) is 5.10. The van der Waals surface area contributed by atoms with Gasteiger partial charge < -0.3 is 0 Å². The third-order valence-electron chi connectivity index (χ3n) is 3.07. The van der Waals surface area contributed by atoms with Crippen molar-refractivity contribution in [1.29, 1.82) is 0 Å². The molecule has 2 unspecified atom stereocenters.